The largest absolute Gasteiger partial charge is 0.385 e. The number of halogens is 1. The van der Waals surface area contributed by atoms with E-state index < -0.39 is 5.60 Å². The molecule has 1 aromatic carbocycles. The van der Waals surface area contributed by atoms with E-state index in [2.05, 4.69) is 32.8 Å². The van der Waals surface area contributed by atoms with Crippen LogP contribution in [-0.4, -0.2) is 56.1 Å². The van der Waals surface area contributed by atoms with Crippen LogP contribution in [0.4, 0.5) is 5.82 Å². The highest BCUT2D eigenvalue weighted by molar-refractivity contribution is 14.1. The van der Waals surface area contributed by atoms with Gasteiger partial charge in [0.2, 0.25) is 0 Å². The van der Waals surface area contributed by atoms with Gasteiger partial charge < -0.3 is 20.9 Å². The Kier molecular flexibility index (Phi) is 6.95. The van der Waals surface area contributed by atoms with Crippen molar-refractivity contribution in [3.8, 4) is 16.8 Å². The Labute approximate surface area is 222 Å². The average Bonchev–Trinajstić information content (AvgIpc) is 3.55. The summed E-state index contributed by atoms with van der Waals surface area (Å²) in [4.78, 5) is 5.08. The molecule has 1 saturated carbocycles. The number of benzene rings is 1. The van der Waals surface area contributed by atoms with Gasteiger partial charge in [0, 0.05) is 30.4 Å². The molecule has 0 amide bonds. The lowest BCUT2D eigenvalue weighted by molar-refractivity contribution is -0.0425. The molecular weight excluding hydrogens is 571 g/mol. The number of methoxy groups -OCH3 is 1. The molecule has 0 bridgehead atoms. The molecule has 0 aliphatic heterocycles. The summed E-state index contributed by atoms with van der Waals surface area (Å²) in [5.74, 6) is 0.817. The zero-order valence-corrected chi connectivity index (χ0v) is 22.2. The van der Waals surface area contributed by atoms with E-state index in [-0.39, 0.29) is 11.8 Å². The molecule has 36 heavy (non-hydrogen) atoms. The first kappa shape index (κ1) is 24.7. The summed E-state index contributed by atoms with van der Waals surface area (Å²) in [5, 5.41) is 17.2. The molecule has 188 valence electrons. The van der Waals surface area contributed by atoms with E-state index in [1.54, 1.807) is 17.8 Å². The third-order valence-corrected chi connectivity index (χ3v) is 8.00. The standard InChI is InChI=1S/C25H29IN8O2/c1-35-11-12-36-25(24(28)29)9-7-16(8-10-25)21-20(26)22(27)34-23(32-21)19(14-31-34)17-13-30-33(15-17)18-5-3-2-4-6-18/h2-6,13-16H,7-12,27H2,1H3,(H3,28,29). The fraction of sp³-hybridized carbons (Fsp3) is 0.360. The fourth-order valence-electron chi connectivity index (χ4n) is 4.84. The summed E-state index contributed by atoms with van der Waals surface area (Å²) in [6, 6.07) is 9.96. The molecule has 0 spiro atoms. The summed E-state index contributed by atoms with van der Waals surface area (Å²) >= 11 is 2.26. The number of ether oxygens (including phenoxy) is 2. The minimum absolute atomic E-state index is 0.0724. The molecule has 5 rings (SSSR count). The summed E-state index contributed by atoms with van der Waals surface area (Å²) in [6.07, 6.45) is 8.46. The predicted molar refractivity (Wildman–Crippen MR) is 146 cm³/mol. The summed E-state index contributed by atoms with van der Waals surface area (Å²) in [5.41, 5.74) is 16.2. The Morgan fingerprint density at radius 1 is 1.17 bits per heavy atom. The van der Waals surface area contributed by atoms with E-state index in [1.807, 2.05) is 47.4 Å². The number of nitrogen functional groups attached to an aromatic ring is 1. The first-order valence-electron chi connectivity index (χ1n) is 11.8. The van der Waals surface area contributed by atoms with Crippen LogP contribution in [0.1, 0.15) is 37.3 Å². The summed E-state index contributed by atoms with van der Waals surface area (Å²) in [7, 11) is 1.63. The molecule has 4 aromatic rings. The first-order valence-corrected chi connectivity index (χ1v) is 12.9. The van der Waals surface area contributed by atoms with Crippen molar-refractivity contribution in [2.24, 2.45) is 5.73 Å². The van der Waals surface area contributed by atoms with Gasteiger partial charge >= 0.3 is 0 Å². The Balaban J connectivity index is 1.45. The Morgan fingerprint density at radius 2 is 1.92 bits per heavy atom. The second-order valence-corrected chi connectivity index (χ2v) is 10.1. The highest BCUT2D eigenvalue weighted by atomic mass is 127. The molecule has 5 N–H and O–H groups in total. The molecule has 1 aliphatic carbocycles. The Hall–Kier alpha value is -3.03. The van der Waals surface area contributed by atoms with Crippen LogP contribution in [0.2, 0.25) is 0 Å². The number of rotatable bonds is 8. The van der Waals surface area contributed by atoms with Gasteiger partial charge in [-0.1, -0.05) is 18.2 Å². The van der Waals surface area contributed by atoms with Crippen molar-refractivity contribution in [3.63, 3.8) is 0 Å². The van der Waals surface area contributed by atoms with E-state index in [1.165, 1.54) is 0 Å². The lowest BCUT2D eigenvalue weighted by atomic mass is 9.76. The highest BCUT2D eigenvalue weighted by Gasteiger charge is 2.40. The SMILES string of the molecule is COCCOC1(C(=N)N)CCC(c2nc3c(-c4cnn(-c5ccccc5)c4)cnn3c(N)c2I)CC1. The molecule has 3 heterocycles. The minimum atomic E-state index is -0.746. The molecular formula is C25H29IN8O2. The third kappa shape index (κ3) is 4.46. The van der Waals surface area contributed by atoms with Crippen molar-refractivity contribution in [1.82, 2.24) is 24.4 Å². The van der Waals surface area contributed by atoms with Gasteiger partial charge in [-0.05, 0) is 60.4 Å². The van der Waals surface area contributed by atoms with E-state index in [0.29, 0.717) is 37.5 Å². The van der Waals surface area contributed by atoms with Crippen molar-refractivity contribution in [3.05, 3.63) is 58.2 Å². The number of nitrogens with one attached hydrogen (secondary N) is 1. The van der Waals surface area contributed by atoms with Crippen molar-refractivity contribution in [2.45, 2.75) is 37.2 Å². The topological polar surface area (TPSA) is 142 Å². The zero-order chi connectivity index (χ0) is 25.3. The number of amidine groups is 1. The maximum Gasteiger partial charge on any atom is 0.165 e. The quantitative estimate of drug-likeness (QED) is 0.121. The molecule has 0 saturated heterocycles. The van der Waals surface area contributed by atoms with E-state index in [9.17, 15) is 0 Å². The number of para-hydroxylation sites is 1. The lowest BCUT2D eigenvalue weighted by Crippen LogP contribution is -2.48. The van der Waals surface area contributed by atoms with Crippen LogP contribution in [-0.2, 0) is 9.47 Å². The van der Waals surface area contributed by atoms with Crippen LogP contribution in [0, 0.1) is 8.98 Å². The maximum atomic E-state index is 8.15. The monoisotopic (exact) mass is 600 g/mol. The molecule has 1 fully saturated rings. The van der Waals surface area contributed by atoms with Gasteiger partial charge in [-0.15, -0.1) is 0 Å². The van der Waals surface area contributed by atoms with Gasteiger partial charge in [-0.25, -0.2) is 9.67 Å². The van der Waals surface area contributed by atoms with Gasteiger partial charge in [-0.3, -0.25) is 5.41 Å². The lowest BCUT2D eigenvalue weighted by Gasteiger charge is -2.39. The number of hydrogen-bond acceptors (Lipinski definition) is 7. The van der Waals surface area contributed by atoms with Crippen molar-refractivity contribution in [2.75, 3.05) is 26.1 Å². The van der Waals surface area contributed by atoms with Crippen LogP contribution in [0.5, 0.6) is 0 Å². The second-order valence-electron chi connectivity index (χ2n) is 9.02. The predicted octanol–water partition coefficient (Wildman–Crippen LogP) is 3.76. The molecule has 11 heteroatoms. The molecule has 3 aromatic heterocycles. The number of hydrogen-bond donors (Lipinski definition) is 3. The minimum Gasteiger partial charge on any atom is -0.385 e. The van der Waals surface area contributed by atoms with Gasteiger partial charge in [0.1, 0.15) is 17.3 Å². The number of anilines is 1. The number of fused-ring (bicyclic) bond motifs is 1. The van der Waals surface area contributed by atoms with Gasteiger partial charge in [0.15, 0.2) is 5.65 Å². The van der Waals surface area contributed by atoms with Gasteiger partial charge in [-0.2, -0.15) is 14.7 Å². The highest BCUT2D eigenvalue weighted by Crippen LogP contribution is 2.42. The van der Waals surface area contributed by atoms with Crippen LogP contribution < -0.4 is 11.5 Å². The van der Waals surface area contributed by atoms with Crippen LogP contribution >= 0.6 is 22.6 Å². The average molecular weight is 600 g/mol. The summed E-state index contributed by atoms with van der Waals surface area (Å²) in [6.45, 7) is 0.876. The number of aromatic nitrogens is 5. The van der Waals surface area contributed by atoms with Crippen molar-refractivity contribution in [1.29, 1.82) is 5.41 Å². The Bertz CT molecular complexity index is 1380. The Morgan fingerprint density at radius 3 is 2.61 bits per heavy atom. The smallest absolute Gasteiger partial charge is 0.165 e. The fourth-order valence-corrected chi connectivity index (χ4v) is 5.63. The van der Waals surface area contributed by atoms with Crippen LogP contribution in [0.3, 0.4) is 0 Å². The second kappa shape index (κ2) is 10.1. The van der Waals surface area contributed by atoms with Crippen molar-refractivity contribution >= 4 is 39.9 Å². The number of nitrogens with zero attached hydrogens (tertiary/aromatic N) is 5. The zero-order valence-electron chi connectivity index (χ0n) is 20.0. The maximum absolute atomic E-state index is 8.15. The normalized spacial score (nSPS) is 20.1. The third-order valence-electron chi connectivity index (χ3n) is 6.90. The molecule has 1 aliphatic rings. The van der Waals surface area contributed by atoms with Crippen molar-refractivity contribution < 1.29 is 9.47 Å². The number of nitrogens with two attached hydrogens (primary N) is 2. The summed E-state index contributed by atoms with van der Waals surface area (Å²) < 4.78 is 15.6. The van der Waals surface area contributed by atoms with E-state index in [4.69, 9.17) is 31.3 Å². The van der Waals surface area contributed by atoms with Gasteiger partial charge in [0.05, 0.1) is 40.6 Å². The van der Waals surface area contributed by atoms with Crippen LogP contribution in [0.25, 0.3) is 22.5 Å². The molecule has 0 unspecified atom stereocenters. The first-order chi connectivity index (χ1) is 17.4. The molecule has 10 nitrogen and oxygen atoms in total. The molecule has 0 radical (unpaired) electrons. The molecule has 0 atom stereocenters. The van der Waals surface area contributed by atoms with Crippen LogP contribution in [0.15, 0.2) is 48.9 Å². The van der Waals surface area contributed by atoms with E-state index in [0.717, 1.165) is 38.9 Å². The van der Waals surface area contributed by atoms with Gasteiger partial charge in [0.25, 0.3) is 0 Å². The van der Waals surface area contributed by atoms with E-state index >= 15 is 0 Å².